The molecule has 0 N–H and O–H groups in total. The molecule has 4 heteroatoms. The SMILES string of the molecule is [Li][C](C#N)(C#N)C#N. The molecule has 0 aromatic heterocycles. The van der Waals surface area contributed by atoms with E-state index in [1.807, 2.05) is 0 Å². The summed E-state index contributed by atoms with van der Waals surface area (Å²) in [7, 11) is 0. The minimum absolute atomic E-state index is 1.27. The Morgan fingerprint density at radius 3 is 1.25 bits per heavy atom. The van der Waals surface area contributed by atoms with Gasteiger partial charge in [-0.25, -0.2) is 0 Å². The fraction of sp³-hybridized carbons (Fsp3) is 0.250. The number of nitriles is 3. The fourth-order valence-electron chi connectivity index (χ4n) is 0.0750. The van der Waals surface area contributed by atoms with E-state index in [4.69, 9.17) is 15.8 Å². The summed E-state index contributed by atoms with van der Waals surface area (Å²) in [6.07, 6.45) is 0. The Morgan fingerprint density at radius 1 is 1.00 bits per heavy atom. The van der Waals surface area contributed by atoms with Crippen molar-refractivity contribution in [2.75, 3.05) is 0 Å². The van der Waals surface area contributed by atoms with Gasteiger partial charge in [-0.3, -0.25) is 0 Å². The second kappa shape index (κ2) is 2.39. The van der Waals surface area contributed by atoms with Crippen molar-refractivity contribution in [2.45, 2.75) is 4.09 Å². The van der Waals surface area contributed by atoms with Crippen molar-refractivity contribution < 1.29 is 0 Å². The van der Waals surface area contributed by atoms with Crippen LogP contribution in [0.2, 0.25) is 4.09 Å². The third kappa shape index (κ3) is 1.29. The van der Waals surface area contributed by atoms with E-state index < -0.39 is 4.09 Å². The van der Waals surface area contributed by atoms with Crippen molar-refractivity contribution in [3.8, 4) is 18.2 Å². The summed E-state index contributed by atoms with van der Waals surface area (Å²) in [4.78, 5) is 0. The van der Waals surface area contributed by atoms with Gasteiger partial charge in [0.1, 0.15) is 0 Å². The molecule has 0 saturated heterocycles. The molecule has 0 aliphatic rings. The standard InChI is InChI=1S/C4N3.Li/c5-1-4(2-6)3-7;. The summed E-state index contributed by atoms with van der Waals surface area (Å²) in [5.74, 6) is 0. The van der Waals surface area contributed by atoms with Gasteiger partial charge in [-0.15, -0.1) is 0 Å². The molecular weight excluding hydrogens is 97.0 g/mol. The summed E-state index contributed by atoms with van der Waals surface area (Å²) >= 11 is 1.27. The van der Waals surface area contributed by atoms with E-state index in [9.17, 15) is 0 Å². The van der Waals surface area contributed by atoms with E-state index in [2.05, 4.69) is 0 Å². The molecule has 0 aliphatic carbocycles. The van der Waals surface area contributed by atoms with Gasteiger partial charge in [0, 0.05) is 0 Å². The first kappa shape index (κ1) is 7.07. The van der Waals surface area contributed by atoms with Gasteiger partial charge in [0.2, 0.25) is 0 Å². The van der Waals surface area contributed by atoms with Crippen LogP contribution in [0.4, 0.5) is 0 Å². The Balaban J connectivity index is 4.42. The average Bonchev–Trinajstić information content (AvgIpc) is 1.87. The molecule has 0 saturated carbocycles. The zero-order valence-corrected chi connectivity index (χ0v) is 4.34. The summed E-state index contributed by atoms with van der Waals surface area (Å²) in [5, 5.41) is 24.3. The molecular formula is C4LiN3. The van der Waals surface area contributed by atoms with Crippen LogP contribution in [0.3, 0.4) is 0 Å². The van der Waals surface area contributed by atoms with E-state index in [1.165, 1.54) is 17.7 Å². The first-order valence-electron chi connectivity index (χ1n) is 1.92. The van der Waals surface area contributed by atoms with Crippen LogP contribution in [0.1, 0.15) is 0 Å². The number of rotatable bonds is 0. The van der Waals surface area contributed by atoms with Crippen molar-refractivity contribution in [3.63, 3.8) is 0 Å². The molecule has 0 radical (unpaired) electrons. The molecule has 0 amide bonds. The Labute approximate surface area is 56.3 Å². The predicted molar refractivity (Wildman–Crippen MR) is 25.3 cm³/mol. The molecule has 0 aliphatic heterocycles. The number of hydrogen-bond donors (Lipinski definition) is 0. The number of hydrogen-bond acceptors (Lipinski definition) is 3. The zero-order chi connectivity index (χ0) is 6.62. The van der Waals surface area contributed by atoms with Gasteiger partial charge in [0.05, 0.1) is 0 Å². The van der Waals surface area contributed by atoms with Gasteiger partial charge >= 0.3 is 55.8 Å². The third-order valence-corrected chi connectivity index (χ3v) is 0.671. The Morgan fingerprint density at radius 2 is 1.25 bits per heavy atom. The minimum atomic E-state index is -1.46. The van der Waals surface area contributed by atoms with E-state index in [0.717, 1.165) is 0 Å². The third-order valence-electron chi connectivity index (χ3n) is 0.671. The van der Waals surface area contributed by atoms with E-state index in [0.29, 0.717) is 0 Å². The van der Waals surface area contributed by atoms with Gasteiger partial charge in [-0.2, -0.15) is 0 Å². The van der Waals surface area contributed by atoms with Gasteiger partial charge in [0.15, 0.2) is 0 Å². The van der Waals surface area contributed by atoms with Crippen LogP contribution in [-0.2, 0) is 0 Å². The molecule has 3 nitrogen and oxygen atoms in total. The molecule has 0 bridgehead atoms. The molecule has 32 valence electrons. The fourth-order valence-corrected chi connectivity index (χ4v) is 0.0750. The molecule has 0 heterocycles. The Bertz CT molecular complexity index is 165. The van der Waals surface area contributed by atoms with Crippen LogP contribution in [0.25, 0.3) is 0 Å². The van der Waals surface area contributed by atoms with E-state index in [1.54, 1.807) is 18.2 Å². The molecule has 0 aromatic rings. The molecule has 0 atom stereocenters. The first-order valence-corrected chi connectivity index (χ1v) is 1.92. The summed E-state index contributed by atoms with van der Waals surface area (Å²) in [5.41, 5.74) is 0. The maximum atomic E-state index is 8.09. The Hall–Kier alpha value is -0.933. The molecule has 0 fully saturated rings. The average molecular weight is 97.0 g/mol. The van der Waals surface area contributed by atoms with E-state index >= 15 is 0 Å². The van der Waals surface area contributed by atoms with Crippen molar-refractivity contribution in [2.24, 2.45) is 0 Å². The summed E-state index contributed by atoms with van der Waals surface area (Å²) < 4.78 is -1.46. The molecule has 8 heavy (non-hydrogen) atoms. The van der Waals surface area contributed by atoms with Crippen molar-refractivity contribution in [1.29, 1.82) is 15.8 Å². The van der Waals surface area contributed by atoms with Crippen LogP contribution < -0.4 is 0 Å². The monoisotopic (exact) mass is 97.0 g/mol. The van der Waals surface area contributed by atoms with Crippen LogP contribution in [-0.4, -0.2) is 17.7 Å². The molecule has 0 rings (SSSR count). The maximum absolute atomic E-state index is 8.09. The van der Waals surface area contributed by atoms with E-state index in [-0.39, 0.29) is 0 Å². The van der Waals surface area contributed by atoms with Crippen molar-refractivity contribution >= 4 is 17.7 Å². The summed E-state index contributed by atoms with van der Waals surface area (Å²) in [6, 6.07) is 4.67. The normalized spacial score (nSPS) is 8.38. The van der Waals surface area contributed by atoms with Gasteiger partial charge < -0.3 is 0 Å². The van der Waals surface area contributed by atoms with Gasteiger partial charge in [-0.05, 0) is 0 Å². The van der Waals surface area contributed by atoms with Crippen LogP contribution >= 0.6 is 0 Å². The van der Waals surface area contributed by atoms with Crippen LogP contribution in [0.15, 0.2) is 0 Å². The van der Waals surface area contributed by atoms with Crippen LogP contribution in [0.5, 0.6) is 0 Å². The molecule has 0 unspecified atom stereocenters. The van der Waals surface area contributed by atoms with Gasteiger partial charge in [-0.1, -0.05) is 0 Å². The molecule has 0 aromatic carbocycles. The summed E-state index contributed by atoms with van der Waals surface area (Å²) in [6.45, 7) is 0. The van der Waals surface area contributed by atoms with Crippen molar-refractivity contribution in [1.82, 2.24) is 0 Å². The zero-order valence-electron chi connectivity index (χ0n) is 4.34. The second-order valence-corrected chi connectivity index (χ2v) is 1.46. The second-order valence-electron chi connectivity index (χ2n) is 1.46. The van der Waals surface area contributed by atoms with Gasteiger partial charge in [0.25, 0.3) is 0 Å². The predicted octanol–water partition coefficient (Wildman–Crippen LogP) is -0.116. The first-order chi connectivity index (χ1) is 3.68. The quantitative estimate of drug-likeness (QED) is 0.395. The topological polar surface area (TPSA) is 71.4 Å². The number of nitrogens with zero attached hydrogens (tertiary/aromatic N) is 3. The van der Waals surface area contributed by atoms with Crippen LogP contribution in [0, 0.1) is 34.0 Å². The van der Waals surface area contributed by atoms with Crippen molar-refractivity contribution in [3.05, 3.63) is 0 Å². The Kier molecular flexibility index (Phi) is 2.11. The molecule has 0 spiro atoms.